The van der Waals surface area contributed by atoms with E-state index in [0.717, 1.165) is 18.7 Å². The van der Waals surface area contributed by atoms with Gasteiger partial charge in [-0.3, -0.25) is 14.5 Å². The fraction of sp³-hybridized carbons (Fsp3) is 0.333. The van der Waals surface area contributed by atoms with Crippen molar-refractivity contribution in [1.29, 1.82) is 0 Å². The first-order valence-corrected chi connectivity index (χ1v) is 10.5. The average Bonchev–Trinajstić information content (AvgIpc) is 3.16. The highest BCUT2D eigenvalue weighted by Crippen LogP contribution is 2.24. The van der Waals surface area contributed by atoms with Gasteiger partial charge < -0.3 is 14.4 Å². The maximum Gasteiger partial charge on any atom is 0.247 e. The van der Waals surface area contributed by atoms with Crippen molar-refractivity contribution >= 4 is 22.6 Å². The molecule has 0 radical (unpaired) electrons. The second kappa shape index (κ2) is 7.61. The number of aryl methyl sites for hydroxylation is 1. The topological polar surface area (TPSA) is 48.8 Å². The van der Waals surface area contributed by atoms with E-state index in [-0.39, 0.29) is 18.4 Å². The second-order valence-electron chi connectivity index (χ2n) is 8.36. The Morgan fingerprint density at radius 1 is 0.967 bits per heavy atom. The van der Waals surface area contributed by atoms with E-state index in [4.69, 9.17) is 0 Å². The molecule has 0 spiro atoms. The van der Waals surface area contributed by atoms with Gasteiger partial charge in [0.2, 0.25) is 11.8 Å². The largest absolute Gasteiger partial charge is 0.357 e. The van der Waals surface area contributed by atoms with Gasteiger partial charge >= 0.3 is 0 Å². The average molecular weight is 402 g/mol. The molecule has 2 fully saturated rings. The van der Waals surface area contributed by atoms with E-state index in [1.54, 1.807) is 9.80 Å². The minimum Gasteiger partial charge on any atom is -0.357 e. The molecule has 3 heterocycles. The lowest BCUT2D eigenvalue weighted by Crippen LogP contribution is -2.66. The first-order valence-electron chi connectivity index (χ1n) is 10.5. The standard InChI is InChI=1S/C24H26N4O2/c1-25-10-9-18(13-25)14-27-17-23(29)28-12-11-26(16-22(28)24(27)30)15-20-7-4-6-19-5-2-3-8-21(19)20/h2-10,13,22H,11-12,14-17H2,1H3. The van der Waals surface area contributed by atoms with Crippen LogP contribution in [0.25, 0.3) is 10.8 Å². The summed E-state index contributed by atoms with van der Waals surface area (Å²) >= 11 is 0. The normalized spacial score (nSPS) is 20.1. The Morgan fingerprint density at radius 2 is 1.80 bits per heavy atom. The Bertz CT molecular complexity index is 1100. The Hall–Kier alpha value is -3.12. The summed E-state index contributed by atoms with van der Waals surface area (Å²) in [5.74, 6) is 0.112. The molecule has 0 saturated carbocycles. The Labute approximate surface area is 176 Å². The maximum atomic E-state index is 13.2. The second-order valence-corrected chi connectivity index (χ2v) is 8.36. The van der Waals surface area contributed by atoms with E-state index in [9.17, 15) is 9.59 Å². The van der Waals surface area contributed by atoms with Gasteiger partial charge in [-0.05, 0) is 28.0 Å². The number of amides is 2. The van der Waals surface area contributed by atoms with E-state index < -0.39 is 6.04 Å². The minimum atomic E-state index is -0.390. The highest BCUT2D eigenvalue weighted by atomic mass is 16.2. The maximum absolute atomic E-state index is 13.2. The van der Waals surface area contributed by atoms with Crippen LogP contribution in [0.5, 0.6) is 0 Å². The molecule has 154 valence electrons. The molecule has 5 rings (SSSR count). The zero-order valence-electron chi connectivity index (χ0n) is 17.2. The number of hydrogen-bond donors (Lipinski definition) is 0. The molecule has 6 heteroatoms. The Balaban J connectivity index is 1.33. The third-order valence-corrected chi connectivity index (χ3v) is 6.25. The highest BCUT2D eigenvalue weighted by Gasteiger charge is 2.42. The van der Waals surface area contributed by atoms with Crippen LogP contribution in [0.2, 0.25) is 0 Å². The Kier molecular flexibility index (Phi) is 4.79. The molecule has 6 nitrogen and oxygen atoms in total. The summed E-state index contributed by atoms with van der Waals surface area (Å²) in [5, 5.41) is 2.48. The molecular weight excluding hydrogens is 376 g/mol. The van der Waals surface area contributed by atoms with Crippen molar-refractivity contribution in [2.24, 2.45) is 7.05 Å². The van der Waals surface area contributed by atoms with Gasteiger partial charge in [-0.15, -0.1) is 0 Å². The molecule has 2 saturated heterocycles. The van der Waals surface area contributed by atoms with Crippen molar-refractivity contribution in [3.8, 4) is 0 Å². The summed E-state index contributed by atoms with van der Waals surface area (Å²) in [6.45, 7) is 3.42. The van der Waals surface area contributed by atoms with E-state index in [1.807, 2.05) is 30.1 Å². The van der Waals surface area contributed by atoms with Crippen LogP contribution in [0.15, 0.2) is 60.9 Å². The molecule has 0 bridgehead atoms. The lowest BCUT2D eigenvalue weighted by molar-refractivity contribution is -0.160. The fourth-order valence-electron chi connectivity index (χ4n) is 4.72. The van der Waals surface area contributed by atoms with Crippen LogP contribution in [0, 0.1) is 0 Å². The summed E-state index contributed by atoms with van der Waals surface area (Å²) in [4.78, 5) is 31.7. The van der Waals surface area contributed by atoms with E-state index in [2.05, 4.69) is 47.4 Å². The van der Waals surface area contributed by atoms with Crippen LogP contribution in [0.4, 0.5) is 0 Å². The smallest absolute Gasteiger partial charge is 0.247 e. The number of nitrogens with zero attached hydrogens (tertiary/aromatic N) is 4. The lowest BCUT2D eigenvalue weighted by atomic mass is 10.0. The molecule has 2 aromatic carbocycles. The van der Waals surface area contributed by atoms with Gasteiger partial charge in [0.1, 0.15) is 12.6 Å². The van der Waals surface area contributed by atoms with E-state index >= 15 is 0 Å². The Morgan fingerprint density at radius 3 is 2.63 bits per heavy atom. The molecule has 30 heavy (non-hydrogen) atoms. The fourth-order valence-corrected chi connectivity index (χ4v) is 4.72. The van der Waals surface area contributed by atoms with E-state index in [0.29, 0.717) is 19.6 Å². The molecule has 2 aliphatic rings. The number of fused-ring (bicyclic) bond motifs is 2. The SMILES string of the molecule is Cn1ccc(CN2CC(=O)N3CCN(Cc4cccc5ccccc45)CC3C2=O)c1. The summed E-state index contributed by atoms with van der Waals surface area (Å²) in [6.07, 6.45) is 3.96. The summed E-state index contributed by atoms with van der Waals surface area (Å²) in [5.41, 5.74) is 2.31. The number of hydrogen-bond acceptors (Lipinski definition) is 3. The first kappa shape index (κ1) is 18.9. The predicted octanol–water partition coefficient (Wildman–Crippen LogP) is 2.23. The van der Waals surface area contributed by atoms with Gasteiger partial charge in [-0.25, -0.2) is 0 Å². The van der Waals surface area contributed by atoms with Gasteiger partial charge in [0, 0.05) is 52.2 Å². The van der Waals surface area contributed by atoms with Crippen molar-refractivity contribution in [3.63, 3.8) is 0 Å². The highest BCUT2D eigenvalue weighted by molar-refractivity contribution is 5.95. The van der Waals surface area contributed by atoms with Crippen LogP contribution in [0.1, 0.15) is 11.1 Å². The number of benzene rings is 2. The van der Waals surface area contributed by atoms with Crippen molar-refractivity contribution in [2.75, 3.05) is 26.2 Å². The lowest BCUT2D eigenvalue weighted by Gasteiger charge is -2.46. The van der Waals surface area contributed by atoms with Crippen LogP contribution in [0.3, 0.4) is 0 Å². The van der Waals surface area contributed by atoms with Crippen LogP contribution in [-0.2, 0) is 29.7 Å². The van der Waals surface area contributed by atoms with Crippen LogP contribution in [-0.4, -0.2) is 63.3 Å². The zero-order valence-corrected chi connectivity index (χ0v) is 17.2. The van der Waals surface area contributed by atoms with Crippen molar-refractivity contribution in [3.05, 3.63) is 72.1 Å². The minimum absolute atomic E-state index is 0.0559. The van der Waals surface area contributed by atoms with Gasteiger partial charge in [-0.2, -0.15) is 0 Å². The molecule has 1 unspecified atom stereocenters. The monoisotopic (exact) mass is 402 g/mol. The molecular formula is C24H26N4O2. The molecule has 0 N–H and O–H groups in total. The predicted molar refractivity (Wildman–Crippen MR) is 116 cm³/mol. The summed E-state index contributed by atoms with van der Waals surface area (Å²) < 4.78 is 1.96. The third kappa shape index (κ3) is 3.48. The van der Waals surface area contributed by atoms with Gasteiger partial charge in [0.05, 0.1) is 0 Å². The third-order valence-electron chi connectivity index (χ3n) is 6.25. The van der Waals surface area contributed by atoms with Crippen molar-refractivity contribution in [2.45, 2.75) is 19.1 Å². The van der Waals surface area contributed by atoms with Gasteiger partial charge in [-0.1, -0.05) is 42.5 Å². The van der Waals surface area contributed by atoms with Crippen molar-refractivity contribution in [1.82, 2.24) is 19.3 Å². The quantitative estimate of drug-likeness (QED) is 0.673. The number of aromatic nitrogens is 1. The van der Waals surface area contributed by atoms with Crippen LogP contribution < -0.4 is 0 Å². The van der Waals surface area contributed by atoms with Crippen molar-refractivity contribution < 1.29 is 9.59 Å². The number of carbonyl (C=O) groups is 2. The number of rotatable bonds is 4. The number of piperazine rings is 2. The van der Waals surface area contributed by atoms with Gasteiger partial charge in [0.15, 0.2) is 0 Å². The zero-order chi connectivity index (χ0) is 20.7. The number of carbonyl (C=O) groups excluding carboxylic acids is 2. The molecule has 2 aliphatic heterocycles. The molecule has 2 amide bonds. The summed E-state index contributed by atoms with van der Waals surface area (Å²) in [6, 6.07) is 16.4. The molecule has 1 atom stereocenters. The van der Waals surface area contributed by atoms with E-state index in [1.165, 1.54) is 16.3 Å². The summed E-state index contributed by atoms with van der Waals surface area (Å²) in [7, 11) is 1.96. The molecule has 1 aromatic heterocycles. The first-order chi connectivity index (χ1) is 14.6. The molecule has 0 aliphatic carbocycles. The van der Waals surface area contributed by atoms with Gasteiger partial charge in [0.25, 0.3) is 0 Å². The van der Waals surface area contributed by atoms with Crippen LogP contribution >= 0.6 is 0 Å². The molecule has 3 aromatic rings.